The third-order valence-electron chi connectivity index (χ3n) is 6.87. The summed E-state index contributed by atoms with van der Waals surface area (Å²) in [5.41, 5.74) is 6.38. The Morgan fingerprint density at radius 3 is 1.81 bits per heavy atom. The highest BCUT2D eigenvalue weighted by Gasteiger charge is 2.28. The Kier molecular flexibility index (Phi) is 3.57. The van der Waals surface area contributed by atoms with Crippen molar-refractivity contribution in [1.82, 2.24) is 4.57 Å². The Morgan fingerprint density at radius 1 is 0.562 bits per heavy atom. The molecule has 1 aromatic heterocycles. The van der Waals surface area contributed by atoms with E-state index in [1.165, 1.54) is 60.8 Å². The SMILES string of the molecule is CCN1c2c(ccc3ccccc23)-c2ccc3ccccc3c2-n2c1cc1ccccc12. The number of hydrogen-bond donors (Lipinski definition) is 0. The minimum atomic E-state index is 0.892. The zero-order chi connectivity index (χ0) is 21.2. The largest absolute Gasteiger partial charge is 0.327 e. The molecule has 0 atom stereocenters. The van der Waals surface area contributed by atoms with Gasteiger partial charge in [0.25, 0.3) is 0 Å². The quantitative estimate of drug-likeness (QED) is 0.266. The molecule has 6 aromatic rings. The topological polar surface area (TPSA) is 8.17 Å². The maximum atomic E-state index is 2.49. The molecule has 2 heteroatoms. The summed E-state index contributed by atoms with van der Waals surface area (Å²) < 4.78 is 2.48. The summed E-state index contributed by atoms with van der Waals surface area (Å²) in [6, 6.07) is 37.7. The first-order chi connectivity index (χ1) is 15.8. The van der Waals surface area contributed by atoms with Crippen LogP contribution in [0.15, 0.2) is 103 Å². The molecule has 2 heterocycles. The van der Waals surface area contributed by atoms with Crippen molar-refractivity contribution in [2.24, 2.45) is 0 Å². The fourth-order valence-electron chi connectivity index (χ4n) is 5.49. The van der Waals surface area contributed by atoms with Crippen molar-refractivity contribution in [3.8, 4) is 16.8 Å². The number of hydrogen-bond acceptors (Lipinski definition) is 1. The van der Waals surface area contributed by atoms with Gasteiger partial charge in [0.05, 0.1) is 16.9 Å². The number of para-hydroxylation sites is 1. The predicted octanol–water partition coefficient (Wildman–Crippen LogP) is 8.08. The number of fused-ring (bicyclic) bond motifs is 11. The number of rotatable bonds is 1. The van der Waals surface area contributed by atoms with Gasteiger partial charge in [0, 0.05) is 33.8 Å². The Bertz CT molecular complexity index is 1670. The highest BCUT2D eigenvalue weighted by atomic mass is 15.3. The van der Waals surface area contributed by atoms with E-state index in [4.69, 9.17) is 0 Å². The maximum absolute atomic E-state index is 2.49. The molecule has 0 bridgehead atoms. The Balaban J connectivity index is 1.76. The van der Waals surface area contributed by atoms with E-state index in [1.807, 2.05) is 0 Å². The lowest BCUT2D eigenvalue weighted by Crippen LogP contribution is -2.18. The van der Waals surface area contributed by atoms with Crippen LogP contribution in [-0.4, -0.2) is 11.1 Å². The molecule has 0 saturated heterocycles. The molecule has 2 nitrogen and oxygen atoms in total. The smallest absolute Gasteiger partial charge is 0.118 e. The summed E-state index contributed by atoms with van der Waals surface area (Å²) in [6.07, 6.45) is 0. The van der Waals surface area contributed by atoms with Gasteiger partial charge in [-0.15, -0.1) is 0 Å². The van der Waals surface area contributed by atoms with E-state index in [2.05, 4.69) is 120 Å². The summed E-state index contributed by atoms with van der Waals surface area (Å²) in [5.74, 6) is 1.22. The molecule has 0 unspecified atom stereocenters. The van der Waals surface area contributed by atoms with Crippen molar-refractivity contribution >= 4 is 44.0 Å². The van der Waals surface area contributed by atoms with Crippen LogP contribution in [0.5, 0.6) is 0 Å². The molecule has 0 saturated carbocycles. The fraction of sp³-hybridized carbons (Fsp3) is 0.0667. The summed E-state index contributed by atoms with van der Waals surface area (Å²) in [5, 5.41) is 6.39. The lowest BCUT2D eigenvalue weighted by Gasteiger charge is -2.25. The van der Waals surface area contributed by atoms with E-state index in [-0.39, 0.29) is 0 Å². The summed E-state index contributed by atoms with van der Waals surface area (Å²) >= 11 is 0. The van der Waals surface area contributed by atoms with Gasteiger partial charge in [0.2, 0.25) is 0 Å². The molecule has 5 aromatic carbocycles. The summed E-state index contributed by atoms with van der Waals surface area (Å²) in [7, 11) is 0. The molecule has 0 amide bonds. The Hall–Kier alpha value is -4.04. The van der Waals surface area contributed by atoms with Crippen LogP contribution in [0.2, 0.25) is 0 Å². The van der Waals surface area contributed by atoms with Gasteiger partial charge in [-0.3, -0.25) is 4.57 Å². The molecular weight excluding hydrogens is 388 g/mol. The van der Waals surface area contributed by atoms with Crippen molar-refractivity contribution in [1.29, 1.82) is 0 Å². The van der Waals surface area contributed by atoms with Crippen LogP contribution in [0.4, 0.5) is 11.5 Å². The molecule has 0 fully saturated rings. The average molecular weight is 411 g/mol. The van der Waals surface area contributed by atoms with E-state index >= 15 is 0 Å². The van der Waals surface area contributed by atoms with Crippen molar-refractivity contribution in [3.05, 3.63) is 103 Å². The lowest BCUT2D eigenvalue weighted by molar-refractivity contribution is 0.975. The van der Waals surface area contributed by atoms with Crippen LogP contribution >= 0.6 is 0 Å². The molecule has 0 radical (unpaired) electrons. The molecule has 0 aliphatic carbocycles. The fourth-order valence-corrected chi connectivity index (χ4v) is 5.49. The van der Waals surface area contributed by atoms with Crippen molar-refractivity contribution < 1.29 is 0 Å². The molecule has 1 aliphatic heterocycles. The molecule has 1 aliphatic rings. The Labute approximate surface area is 186 Å². The van der Waals surface area contributed by atoms with Crippen LogP contribution in [0, 0.1) is 0 Å². The summed E-state index contributed by atoms with van der Waals surface area (Å²) in [4.78, 5) is 2.49. The van der Waals surface area contributed by atoms with Gasteiger partial charge in [-0.25, -0.2) is 0 Å². The molecule has 0 N–H and O–H groups in total. The average Bonchev–Trinajstić information content (AvgIpc) is 3.17. The van der Waals surface area contributed by atoms with Crippen LogP contribution in [-0.2, 0) is 0 Å². The Morgan fingerprint density at radius 2 is 1.12 bits per heavy atom. The summed E-state index contributed by atoms with van der Waals surface area (Å²) in [6.45, 7) is 3.14. The van der Waals surface area contributed by atoms with Crippen molar-refractivity contribution in [3.63, 3.8) is 0 Å². The van der Waals surface area contributed by atoms with Crippen LogP contribution in [0.25, 0.3) is 49.3 Å². The number of anilines is 2. The van der Waals surface area contributed by atoms with Crippen molar-refractivity contribution in [2.45, 2.75) is 6.92 Å². The van der Waals surface area contributed by atoms with Gasteiger partial charge in [0.1, 0.15) is 5.82 Å². The van der Waals surface area contributed by atoms with E-state index in [1.54, 1.807) is 0 Å². The highest BCUT2D eigenvalue weighted by Crippen LogP contribution is 2.49. The van der Waals surface area contributed by atoms with Crippen molar-refractivity contribution in [2.75, 3.05) is 11.4 Å². The highest BCUT2D eigenvalue weighted by molar-refractivity contribution is 6.10. The zero-order valence-electron chi connectivity index (χ0n) is 17.9. The second kappa shape index (κ2) is 6.48. The second-order valence-electron chi connectivity index (χ2n) is 8.51. The molecule has 7 rings (SSSR count). The van der Waals surface area contributed by atoms with Crippen LogP contribution < -0.4 is 4.90 Å². The maximum Gasteiger partial charge on any atom is 0.118 e. The minimum Gasteiger partial charge on any atom is -0.327 e. The van der Waals surface area contributed by atoms with Gasteiger partial charge < -0.3 is 4.90 Å². The third-order valence-corrected chi connectivity index (χ3v) is 6.87. The van der Waals surface area contributed by atoms with Gasteiger partial charge in [0.15, 0.2) is 0 Å². The monoisotopic (exact) mass is 410 g/mol. The minimum absolute atomic E-state index is 0.892. The number of benzene rings is 5. The van der Waals surface area contributed by atoms with E-state index in [9.17, 15) is 0 Å². The van der Waals surface area contributed by atoms with Gasteiger partial charge in [-0.2, -0.15) is 0 Å². The standard InChI is InChI=1S/C30H22N2/c1-2-31-28-19-22-11-5-8-14-27(22)32(28)30-24-13-7-4-10-21(24)16-18-26(30)25-17-15-20-9-3-6-12-23(20)29(25)31/h3-19H,2H2,1H3. The first-order valence-corrected chi connectivity index (χ1v) is 11.3. The normalized spacial score (nSPS) is 12.6. The lowest BCUT2D eigenvalue weighted by atomic mass is 9.94. The van der Waals surface area contributed by atoms with Crippen LogP contribution in [0.1, 0.15) is 6.92 Å². The van der Waals surface area contributed by atoms with E-state index in [0.717, 1.165) is 6.54 Å². The zero-order valence-corrected chi connectivity index (χ0v) is 17.9. The predicted molar refractivity (Wildman–Crippen MR) is 136 cm³/mol. The number of nitrogens with zero attached hydrogens (tertiary/aromatic N) is 2. The van der Waals surface area contributed by atoms with Gasteiger partial charge in [-0.1, -0.05) is 91.0 Å². The van der Waals surface area contributed by atoms with E-state index in [0.29, 0.717) is 0 Å². The van der Waals surface area contributed by atoms with Gasteiger partial charge in [-0.05, 0) is 29.8 Å². The molecule has 0 spiro atoms. The van der Waals surface area contributed by atoms with Gasteiger partial charge >= 0.3 is 0 Å². The molecule has 152 valence electrons. The molecular formula is C30H22N2. The third kappa shape index (κ3) is 2.24. The van der Waals surface area contributed by atoms with E-state index < -0.39 is 0 Å². The molecule has 32 heavy (non-hydrogen) atoms. The van der Waals surface area contributed by atoms with Crippen LogP contribution in [0.3, 0.4) is 0 Å². The first kappa shape index (κ1) is 17.6. The first-order valence-electron chi connectivity index (χ1n) is 11.3. The number of aromatic nitrogens is 1. The second-order valence-corrected chi connectivity index (χ2v) is 8.51.